The Morgan fingerprint density at radius 2 is 1.95 bits per heavy atom. The number of piperidine rings is 2. The molecule has 3 fully saturated rings. The quantitative estimate of drug-likeness (QED) is 0.839. The molecular weight excluding hydrogens is 234 g/mol. The molecule has 1 aliphatic carbocycles. The Morgan fingerprint density at radius 3 is 2.58 bits per heavy atom. The van der Waals surface area contributed by atoms with Crippen LogP contribution in [0.3, 0.4) is 0 Å². The van der Waals surface area contributed by atoms with Crippen molar-refractivity contribution in [3.63, 3.8) is 0 Å². The maximum absolute atomic E-state index is 3.74. The molecule has 3 unspecified atom stereocenters. The summed E-state index contributed by atoms with van der Waals surface area (Å²) >= 11 is 0. The summed E-state index contributed by atoms with van der Waals surface area (Å²) in [5.74, 6) is 0. The van der Waals surface area contributed by atoms with Crippen LogP contribution in [0.2, 0.25) is 0 Å². The average molecular weight is 265 g/mol. The molecule has 2 aliphatic heterocycles. The van der Waals surface area contributed by atoms with E-state index in [9.17, 15) is 0 Å². The molecule has 2 saturated heterocycles. The topological polar surface area (TPSA) is 18.5 Å². The molecule has 0 aromatic carbocycles. The van der Waals surface area contributed by atoms with Crippen LogP contribution >= 0.6 is 0 Å². The van der Waals surface area contributed by atoms with E-state index >= 15 is 0 Å². The molecule has 0 bridgehead atoms. The minimum absolute atomic E-state index is 0.763. The number of hydrogen-bond donors (Lipinski definition) is 1. The lowest BCUT2D eigenvalue weighted by Gasteiger charge is -2.42. The second-order valence-electron chi connectivity index (χ2n) is 7.08. The van der Waals surface area contributed by atoms with Gasteiger partial charge in [-0.2, -0.15) is 0 Å². The lowest BCUT2D eigenvalue weighted by Crippen LogP contribution is -2.52. The number of nitrogens with one attached hydrogen (secondary N) is 1. The minimum atomic E-state index is 0.763. The standard InChI is InChI=1S/C16H31N3/c1-13-11-16(8-10-18(13)2)19(15-6-7-15)12-14-5-3-4-9-17-14/h13-17H,3-12H2,1-2H3. The highest BCUT2D eigenvalue weighted by Gasteiger charge is 2.37. The smallest absolute Gasteiger partial charge is 0.0195 e. The zero-order valence-corrected chi connectivity index (χ0v) is 12.8. The lowest BCUT2D eigenvalue weighted by atomic mass is 9.95. The highest BCUT2D eigenvalue weighted by molar-refractivity contribution is 4.94. The molecule has 1 saturated carbocycles. The van der Waals surface area contributed by atoms with Gasteiger partial charge < -0.3 is 10.2 Å². The molecule has 0 radical (unpaired) electrons. The molecule has 3 heteroatoms. The summed E-state index contributed by atoms with van der Waals surface area (Å²) < 4.78 is 0. The predicted octanol–water partition coefficient (Wildman–Crippen LogP) is 2.08. The van der Waals surface area contributed by atoms with Gasteiger partial charge in [-0.1, -0.05) is 6.42 Å². The first-order valence-electron chi connectivity index (χ1n) is 8.43. The molecule has 0 amide bonds. The van der Waals surface area contributed by atoms with E-state index < -0.39 is 0 Å². The Balaban J connectivity index is 1.57. The van der Waals surface area contributed by atoms with Gasteiger partial charge in [-0.15, -0.1) is 0 Å². The van der Waals surface area contributed by atoms with Crippen LogP contribution in [0.25, 0.3) is 0 Å². The van der Waals surface area contributed by atoms with Crippen LogP contribution in [0.15, 0.2) is 0 Å². The van der Waals surface area contributed by atoms with Crippen molar-refractivity contribution in [2.24, 2.45) is 0 Å². The second kappa shape index (κ2) is 6.11. The first kappa shape index (κ1) is 13.8. The third-order valence-electron chi connectivity index (χ3n) is 5.51. The van der Waals surface area contributed by atoms with E-state index in [1.54, 1.807) is 0 Å². The normalized spacial score (nSPS) is 37.7. The van der Waals surface area contributed by atoms with Crippen LogP contribution in [0.4, 0.5) is 0 Å². The molecular formula is C16H31N3. The number of likely N-dealkylation sites (tertiary alicyclic amines) is 1. The molecule has 3 aliphatic rings. The predicted molar refractivity (Wildman–Crippen MR) is 80.5 cm³/mol. The first-order chi connectivity index (χ1) is 9.24. The minimum Gasteiger partial charge on any atom is -0.313 e. The van der Waals surface area contributed by atoms with Crippen molar-refractivity contribution in [3.8, 4) is 0 Å². The highest BCUT2D eigenvalue weighted by Crippen LogP contribution is 2.33. The first-order valence-corrected chi connectivity index (χ1v) is 8.43. The SMILES string of the molecule is CC1CC(N(CC2CCCCN2)C2CC2)CCN1C. The summed E-state index contributed by atoms with van der Waals surface area (Å²) in [5, 5.41) is 3.74. The van der Waals surface area contributed by atoms with Crippen molar-refractivity contribution >= 4 is 0 Å². The molecule has 2 heterocycles. The van der Waals surface area contributed by atoms with E-state index in [0.717, 1.165) is 24.2 Å². The molecule has 110 valence electrons. The van der Waals surface area contributed by atoms with Gasteiger partial charge in [-0.05, 0) is 65.6 Å². The van der Waals surface area contributed by atoms with Gasteiger partial charge in [0.15, 0.2) is 0 Å². The fraction of sp³-hybridized carbons (Fsp3) is 1.00. The van der Waals surface area contributed by atoms with Gasteiger partial charge >= 0.3 is 0 Å². The fourth-order valence-electron chi connectivity index (χ4n) is 3.90. The Labute approximate surface area is 118 Å². The highest BCUT2D eigenvalue weighted by atomic mass is 15.3. The van der Waals surface area contributed by atoms with Crippen LogP contribution in [0, 0.1) is 0 Å². The number of rotatable bonds is 4. The van der Waals surface area contributed by atoms with Crippen LogP contribution in [-0.2, 0) is 0 Å². The average Bonchev–Trinajstić information content (AvgIpc) is 3.25. The zero-order chi connectivity index (χ0) is 13.2. The Morgan fingerprint density at radius 1 is 1.11 bits per heavy atom. The van der Waals surface area contributed by atoms with Gasteiger partial charge in [-0.25, -0.2) is 0 Å². The summed E-state index contributed by atoms with van der Waals surface area (Å²) in [6.07, 6.45) is 9.86. The van der Waals surface area contributed by atoms with E-state index in [1.165, 1.54) is 64.6 Å². The summed E-state index contributed by atoms with van der Waals surface area (Å²) in [6, 6.07) is 3.30. The van der Waals surface area contributed by atoms with Gasteiger partial charge in [0.25, 0.3) is 0 Å². The molecule has 3 nitrogen and oxygen atoms in total. The molecule has 0 aromatic heterocycles. The number of hydrogen-bond acceptors (Lipinski definition) is 3. The zero-order valence-electron chi connectivity index (χ0n) is 12.8. The molecule has 3 atom stereocenters. The number of nitrogens with zero attached hydrogens (tertiary/aromatic N) is 2. The van der Waals surface area contributed by atoms with E-state index in [0.29, 0.717) is 0 Å². The second-order valence-corrected chi connectivity index (χ2v) is 7.08. The van der Waals surface area contributed by atoms with E-state index in [2.05, 4.69) is 29.1 Å². The van der Waals surface area contributed by atoms with Crippen molar-refractivity contribution in [1.29, 1.82) is 0 Å². The molecule has 3 rings (SSSR count). The van der Waals surface area contributed by atoms with Crippen molar-refractivity contribution in [1.82, 2.24) is 15.1 Å². The van der Waals surface area contributed by atoms with Crippen molar-refractivity contribution in [3.05, 3.63) is 0 Å². The van der Waals surface area contributed by atoms with Crippen LogP contribution in [-0.4, -0.2) is 60.6 Å². The molecule has 1 N–H and O–H groups in total. The van der Waals surface area contributed by atoms with Crippen molar-refractivity contribution < 1.29 is 0 Å². The van der Waals surface area contributed by atoms with Crippen LogP contribution in [0.1, 0.15) is 51.9 Å². The Bertz CT molecular complexity index is 284. The van der Waals surface area contributed by atoms with E-state index in [1.807, 2.05) is 0 Å². The Hall–Kier alpha value is -0.120. The van der Waals surface area contributed by atoms with Gasteiger partial charge in [0.2, 0.25) is 0 Å². The Kier molecular flexibility index (Phi) is 4.45. The molecule has 19 heavy (non-hydrogen) atoms. The van der Waals surface area contributed by atoms with Gasteiger partial charge in [0, 0.05) is 30.7 Å². The summed E-state index contributed by atoms with van der Waals surface area (Å²) in [6.45, 7) is 6.24. The summed E-state index contributed by atoms with van der Waals surface area (Å²) in [7, 11) is 2.28. The van der Waals surface area contributed by atoms with Crippen LogP contribution < -0.4 is 5.32 Å². The monoisotopic (exact) mass is 265 g/mol. The molecule has 0 spiro atoms. The van der Waals surface area contributed by atoms with E-state index in [4.69, 9.17) is 0 Å². The van der Waals surface area contributed by atoms with Gasteiger partial charge in [-0.3, -0.25) is 4.90 Å². The largest absolute Gasteiger partial charge is 0.313 e. The summed E-state index contributed by atoms with van der Waals surface area (Å²) in [5.41, 5.74) is 0. The van der Waals surface area contributed by atoms with Crippen molar-refractivity contribution in [2.75, 3.05) is 26.7 Å². The third kappa shape index (κ3) is 3.50. The molecule has 0 aromatic rings. The van der Waals surface area contributed by atoms with Crippen molar-refractivity contribution in [2.45, 2.75) is 76.0 Å². The van der Waals surface area contributed by atoms with E-state index in [-0.39, 0.29) is 0 Å². The maximum Gasteiger partial charge on any atom is 0.0195 e. The van der Waals surface area contributed by atoms with Gasteiger partial charge in [0.1, 0.15) is 0 Å². The maximum atomic E-state index is 3.74. The third-order valence-corrected chi connectivity index (χ3v) is 5.51. The summed E-state index contributed by atoms with van der Waals surface area (Å²) in [4.78, 5) is 5.41. The fourth-order valence-corrected chi connectivity index (χ4v) is 3.90. The van der Waals surface area contributed by atoms with Gasteiger partial charge in [0.05, 0.1) is 0 Å². The van der Waals surface area contributed by atoms with Crippen LogP contribution in [0.5, 0.6) is 0 Å². The lowest BCUT2D eigenvalue weighted by molar-refractivity contribution is 0.0725.